The van der Waals surface area contributed by atoms with Gasteiger partial charge in [0.05, 0.1) is 0 Å². The van der Waals surface area contributed by atoms with E-state index in [4.69, 9.17) is 4.74 Å². The molecule has 2 N–H and O–H groups in total. The first-order chi connectivity index (χ1) is 15.6. The molecule has 0 aliphatic carbocycles. The fourth-order valence-corrected chi connectivity index (χ4v) is 4.43. The number of anilines is 1. The van der Waals surface area contributed by atoms with E-state index < -0.39 is 5.82 Å². The summed E-state index contributed by atoms with van der Waals surface area (Å²) < 4.78 is 21.2. The van der Waals surface area contributed by atoms with Crippen molar-refractivity contribution in [3.05, 3.63) is 94.6 Å². The van der Waals surface area contributed by atoms with E-state index >= 15 is 0 Å². The number of nitrogens with one attached hydrogen (secondary N) is 2. The second-order valence-corrected chi connectivity index (χ2v) is 8.07. The second kappa shape index (κ2) is 9.62. The molecule has 0 fully saturated rings. The minimum Gasteiger partial charge on any atom is -0.489 e. The third-order valence-corrected chi connectivity index (χ3v) is 6.03. The van der Waals surface area contributed by atoms with Crippen molar-refractivity contribution in [2.45, 2.75) is 13.5 Å². The van der Waals surface area contributed by atoms with Crippen LogP contribution in [0.3, 0.4) is 0 Å². The Morgan fingerprint density at radius 1 is 0.938 bits per heavy atom. The summed E-state index contributed by atoms with van der Waals surface area (Å²) in [6.45, 7) is 2.44. The van der Waals surface area contributed by atoms with Crippen LogP contribution in [0.15, 0.2) is 72.8 Å². The first-order valence-electron chi connectivity index (χ1n) is 10.1. The van der Waals surface area contributed by atoms with Crippen LogP contribution in [0, 0.1) is 5.82 Å². The second-order valence-electron chi connectivity index (χ2n) is 7.02. The number of carbonyl (C=O) groups excluding carboxylic acids is 2. The Balaban J connectivity index is 1.60. The molecule has 0 aliphatic heterocycles. The molecular weight excluding hydrogens is 427 g/mol. The smallest absolute Gasteiger partial charge is 0.266 e. The lowest BCUT2D eigenvalue weighted by molar-refractivity contribution is 0.0955. The lowest BCUT2D eigenvalue weighted by atomic mass is 10.1. The third-order valence-electron chi connectivity index (χ3n) is 4.84. The number of ether oxygens (including phenoxy) is 1. The number of rotatable bonds is 7. The molecular formula is C25H21FN2O3S. The Bertz CT molecular complexity index is 1250. The van der Waals surface area contributed by atoms with Crippen molar-refractivity contribution < 1.29 is 18.7 Å². The van der Waals surface area contributed by atoms with Crippen LogP contribution in [0.2, 0.25) is 0 Å². The highest BCUT2D eigenvalue weighted by atomic mass is 32.1. The maximum Gasteiger partial charge on any atom is 0.266 e. The molecule has 32 heavy (non-hydrogen) atoms. The predicted molar refractivity (Wildman–Crippen MR) is 125 cm³/mol. The van der Waals surface area contributed by atoms with Gasteiger partial charge < -0.3 is 15.4 Å². The van der Waals surface area contributed by atoms with Crippen molar-refractivity contribution >= 4 is 38.9 Å². The van der Waals surface area contributed by atoms with Gasteiger partial charge in [-0.2, -0.15) is 0 Å². The Kier molecular flexibility index (Phi) is 6.47. The van der Waals surface area contributed by atoms with Crippen molar-refractivity contribution in [2.75, 3.05) is 11.9 Å². The van der Waals surface area contributed by atoms with Crippen LogP contribution in [0.5, 0.6) is 5.75 Å². The average molecular weight is 449 g/mol. The normalized spacial score (nSPS) is 10.7. The highest BCUT2D eigenvalue weighted by Crippen LogP contribution is 2.34. The van der Waals surface area contributed by atoms with Crippen molar-refractivity contribution in [3.63, 3.8) is 0 Å². The van der Waals surface area contributed by atoms with Crippen molar-refractivity contribution in [1.29, 1.82) is 0 Å². The first-order valence-corrected chi connectivity index (χ1v) is 11.0. The molecule has 0 saturated carbocycles. The maximum atomic E-state index is 14.6. The Morgan fingerprint density at radius 3 is 2.41 bits per heavy atom. The molecule has 0 radical (unpaired) electrons. The van der Waals surface area contributed by atoms with E-state index in [2.05, 4.69) is 10.6 Å². The molecule has 162 valence electrons. The SMILES string of the molecule is CCNC(=O)c1ccc(NC(=O)c2sc3cccc(F)c3c2COc2ccccc2)cc1. The minimum absolute atomic E-state index is 0.0594. The van der Waals surface area contributed by atoms with E-state index in [1.54, 1.807) is 48.5 Å². The van der Waals surface area contributed by atoms with E-state index in [-0.39, 0.29) is 18.4 Å². The monoisotopic (exact) mass is 448 g/mol. The summed E-state index contributed by atoms with van der Waals surface area (Å²) in [7, 11) is 0. The molecule has 0 atom stereocenters. The quantitative estimate of drug-likeness (QED) is 0.386. The molecule has 0 spiro atoms. The van der Waals surface area contributed by atoms with Gasteiger partial charge >= 0.3 is 0 Å². The Labute approximate surface area is 188 Å². The van der Waals surface area contributed by atoms with Crippen LogP contribution in [0.25, 0.3) is 10.1 Å². The number of fused-ring (bicyclic) bond motifs is 1. The Hall–Kier alpha value is -3.71. The van der Waals surface area contributed by atoms with Gasteiger partial charge in [-0.15, -0.1) is 11.3 Å². The number of hydrogen-bond acceptors (Lipinski definition) is 4. The number of amides is 2. The van der Waals surface area contributed by atoms with Gasteiger partial charge in [0.2, 0.25) is 0 Å². The molecule has 7 heteroatoms. The van der Waals surface area contributed by atoms with Crippen LogP contribution < -0.4 is 15.4 Å². The molecule has 4 aromatic rings. The predicted octanol–water partition coefficient (Wildman–Crippen LogP) is 5.62. The molecule has 0 bridgehead atoms. The number of benzene rings is 3. The lowest BCUT2D eigenvalue weighted by Gasteiger charge is -2.09. The molecule has 0 unspecified atom stereocenters. The molecule has 3 aromatic carbocycles. The molecule has 2 amide bonds. The Morgan fingerprint density at radius 2 is 1.69 bits per heavy atom. The van der Waals surface area contributed by atoms with Crippen molar-refractivity contribution in [1.82, 2.24) is 5.32 Å². The molecule has 1 heterocycles. The van der Waals surface area contributed by atoms with Crippen molar-refractivity contribution in [2.24, 2.45) is 0 Å². The van der Waals surface area contributed by atoms with Gasteiger partial charge in [0.15, 0.2) is 0 Å². The lowest BCUT2D eigenvalue weighted by Crippen LogP contribution is -2.22. The molecule has 4 rings (SSSR count). The number of carbonyl (C=O) groups is 2. The summed E-state index contributed by atoms with van der Waals surface area (Å²) in [5.74, 6) is -0.292. The summed E-state index contributed by atoms with van der Waals surface area (Å²) >= 11 is 1.22. The molecule has 1 aromatic heterocycles. The summed E-state index contributed by atoms with van der Waals surface area (Å²) in [5, 5.41) is 5.96. The van der Waals surface area contributed by atoms with Gasteiger partial charge in [0, 0.05) is 33.4 Å². The highest BCUT2D eigenvalue weighted by molar-refractivity contribution is 7.21. The minimum atomic E-state index is -0.393. The van der Waals surface area contributed by atoms with Gasteiger partial charge in [0.1, 0.15) is 23.1 Å². The van der Waals surface area contributed by atoms with E-state index in [1.807, 2.05) is 25.1 Å². The summed E-state index contributed by atoms with van der Waals surface area (Å²) in [4.78, 5) is 25.4. The number of hydrogen-bond donors (Lipinski definition) is 2. The molecule has 0 saturated heterocycles. The number of para-hydroxylation sites is 1. The molecule has 0 aliphatic rings. The third kappa shape index (κ3) is 4.63. The van der Waals surface area contributed by atoms with Crippen LogP contribution in [0.4, 0.5) is 10.1 Å². The number of halogens is 1. The van der Waals surface area contributed by atoms with Gasteiger partial charge in [-0.25, -0.2) is 4.39 Å². The van der Waals surface area contributed by atoms with Crippen LogP contribution in [-0.2, 0) is 6.61 Å². The number of thiophene rings is 1. The summed E-state index contributed by atoms with van der Waals surface area (Å²) in [6, 6.07) is 20.6. The van der Waals surface area contributed by atoms with Gasteiger partial charge in [-0.3, -0.25) is 9.59 Å². The fraction of sp³-hybridized carbons (Fsp3) is 0.120. The van der Waals surface area contributed by atoms with E-state index in [0.717, 1.165) is 0 Å². The summed E-state index contributed by atoms with van der Waals surface area (Å²) in [5.41, 5.74) is 1.55. The van der Waals surface area contributed by atoms with Gasteiger partial charge in [-0.05, 0) is 55.5 Å². The van der Waals surface area contributed by atoms with Gasteiger partial charge in [0.25, 0.3) is 11.8 Å². The largest absolute Gasteiger partial charge is 0.489 e. The van der Waals surface area contributed by atoms with Crippen LogP contribution in [-0.4, -0.2) is 18.4 Å². The van der Waals surface area contributed by atoms with Crippen LogP contribution >= 0.6 is 11.3 Å². The highest BCUT2D eigenvalue weighted by Gasteiger charge is 2.21. The fourth-order valence-electron chi connectivity index (χ4n) is 3.32. The first kappa shape index (κ1) is 21.5. The zero-order valence-corrected chi connectivity index (χ0v) is 18.2. The van der Waals surface area contributed by atoms with Crippen molar-refractivity contribution in [3.8, 4) is 5.75 Å². The van der Waals surface area contributed by atoms with E-state index in [1.165, 1.54) is 17.4 Å². The summed E-state index contributed by atoms with van der Waals surface area (Å²) in [6.07, 6.45) is 0. The van der Waals surface area contributed by atoms with Crippen LogP contribution in [0.1, 0.15) is 32.5 Å². The zero-order chi connectivity index (χ0) is 22.5. The van der Waals surface area contributed by atoms with E-state index in [9.17, 15) is 14.0 Å². The maximum absolute atomic E-state index is 14.6. The van der Waals surface area contributed by atoms with Gasteiger partial charge in [-0.1, -0.05) is 24.3 Å². The zero-order valence-electron chi connectivity index (χ0n) is 17.4. The standard InChI is InChI=1S/C25H21FN2O3S/c1-2-27-24(29)16-11-13-17(14-12-16)28-25(30)23-19(15-31-18-7-4-3-5-8-18)22-20(26)9-6-10-21(22)32-23/h3-14H,2,15H2,1H3,(H,27,29)(H,28,30). The topological polar surface area (TPSA) is 67.4 Å². The van der Waals surface area contributed by atoms with E-state index in [0.29, 0.717) is 44.1 Å². The average Bonchev–Trinajstić information content (AvgIpc) is 3.19. The molecule has 5 nitrogen and oxygen atoms in total.